The van der Waals surface area contributed by atoms with Crippen molar-refractivity contribution in [2.24, 2.45) is 7.05 Å². The fourth-order valence-electron chi connectivity index (χ4n) is 4.14. The van der Waals surface area contributed by atoms with Gasteiger partial charge in [-0.1, -0.05) is 12.1 Å². The first-order valence-electron chi connectivity index (χ1n) is 9.10. The Kier molecular flexibility index (Phi) is 3.46. The van der Waals surface area contributed by atoms with Gasteiger partial charge in [0, 0.05) is 38.6 Å². The summed E-state index contributed by atoms with van der Waals surface area (Å²) in [5.41, 5.74) is 3.12. The predicted octanol–water partition coefficient (Wildman–Crippen LogP) is 1.79. The van der Waals surface area contributed by atoms with Crippen molar-refractivity contribution in [1.82, 2.24) is 28.6 Å². The highest BCUT2D eigenvalue weighted by Crippen LogP contribution is 2.26. The molecule has 4 heterocycles. The molecule has 27 heavy (non-hydrogen) atoms. The zero-order chi connectivity index (χ0) is 18.5. The number of nitrogens with zero attached hydrogens (tertiary/aromatic N) is 5. The van der Waals surface area contributed by atoms with Gasteiger partial charge in [0.25, 0.3) is 5.91 Å². The second-order valence-corrected chi connectivity index (χ2v) is 7.08. The van der Waals surface area contributed by atoms with Crippen LogP contribution >= 0.6 is 0 Å². The number of para-hydroxylation sites is 2. The smallest absolute Gasteiger partial charge is 0.326 e. The number of aryl methyl sites for hydroxylation is 1. The summed E-state index contributed by atoms with van der Waals surface area (Å²) < 4.78 is 5.45. The number of carbonyl (C=O) groups is 1. The standard InChI is InChI=1S/C19H20N6O2/c1-22-10-11-24-17(22)14(12-20-24)18(26)23-8-6-13(7-9-23)25-16-5-3-2-4-15(16)21-19(25)27/h2-5,10-13H,6-9H2,1H3,(H,21,27). The van der Waals surface area contributed by atoms with Gasteiger partial charge < -0.3 is 14.5 Å². The van der Waals surface area contributed by atoms with Crippen LogP contribution < -0.4 is 5.69 Å². The quantitative estimate of drug-likeness (QED) is 0.589. The number of piperidine rings is 1. The molecule has 0 atom stereocenters. The van der Waals surface area contributed by atoms with E-state index in [-0.39, 0.29) is 17.6 Å². The molecule has 0 radical (unpaired) electrons. The van der Waals surface area contributed by atoms with Crippen molar-refractivity contribution in [1.29, 1.82) is 0 Å². The first-order chi connectivity index (χ1) is 13.1. The Morgan fingerprint density at radius 3 is 2.78 bits per heavy atom. The summed E-state index contributed by atoms with van der Waals surface area (Å²) in [6, 6.07) is 7.83. The van der Waals surface area contributed by atoms with Crippen molar-refractivity contribution >= 4 is 22.6 Å². The molecule has 3 aromatic heterocycles. The maximum absolute atomic E-state index is 13.0. The minimum Gasteiger partial charge on any atom is -0.338 e. The average Bonchev–Trinajstić information content (AvgIpc) is 3.35. The molecule has 5 rings (SSSR count). The van der Waals surface area contributed by atoms with E-state index >= 15 is 0 Å². The summed E-state index contributed by atoms with van der Waals surface area (Å²) >= 11 is 0. The van der Waals surface area contributed by atoms with Crippen LogP contribution in [0.25, 0.3) is 16.7 Å². The molecular weight excluding hydrogens is 344 g/mol. The van der Waals surface area contributed by atoms with Crippen molar-refractivity contribution in [3.05, 3.63) is 58.9 Å². The third kappa shape index (κ3) is 2.40. The van der Waals surface area contributed by atoms with Crippen LogP contribution in [-0.4, -0.2) is 47.6 Å². The van der Waals surface area contributed by atoms with Crippen LogP contribution in [0.5, 0.6) is 0 Å². The molecule has 1 amide bonds. The lowest BCUT2D eigenvalue weighted by Gasteiger charge is -2.32. The minimum absolute atomic E-state index is 0.00322. The Labute approximate surface area is 154 Å². The molecule has 1 aliphatic heterocycles. The molecule has 1 N–H and O–H groups in total. The normalized spacial score (nSPS) is 15.8. The second-order valence-electron chi connectivity index (χ2n) is 7.08. The van der Waals surface area contributed by atoms with Gasteiger partial charge in [-0.3, -0.25) is 9.36 Å². The van der Waals surface area contributed by atoms with Crippen LogP contribution in [0, 0.1) is 0 Å². The van der Waals surface area contributed by atoms with Gasteiger partial charge in [0.1, 0.15) is 11.2 Å². The number of imidazole rings is 2. The topological polar surface area (TPSA) is 80.3 Å². The Morgan fingerprint density at radius 2 is 1.96 bits per heavy atom. The van der Waals surface area contributed by atoms with E-state index in [2.05, 4.69) is 10.1 Å². The molecule has 0 unspecified atom stereocenters. The first-order valence-corrected chi connectivity index (χ1v) is 9.10. The van der Waals surface area contributed by atoms with Crippen LogP contribution in [0.2, 0.25) is 0 Å². The van der Waals surface area contributed by atoms with E-state index in [0.29, 0.717) is 18.7 Å². The van der Waals surface area contributed by atoms with E-state index in [1.54, 1.807) is 10.7 Å². The van der Waals surface area contributed by atoms with Gasteiger partial charge in [0.15, 0.2) is 0 Å². The van der Waals surface area contributed by atoms with Crippen molar-refractivity contribution in [2.75, 3.05) is 13.1 Å². The third-order valence-corrected chi connectivity index (χ3v) is 5.51. The van der Waals surface area contributed by atoms with Gasteiger partial charge in [-0.2, -0.15) is 5.10 Å². The fourth-order valence-corrected chi connectivity index (χ4v) is 4.14. The zero-order valence-corrected chi connectivity index (χ0v) is 15.0. The molecule has 0 bridgehead atoms. The van der Waals surface area contributed by atoms with Crippen LogP contribution in [0.4, 0.5) is 0 Å². The number of likely N-dealkylation sites (tertiary alicyclic amines) is 1. The van der Waals surface area contributed by atoms with E-state index in [1.165, 1.54) is 0 Å². The molecule has 138 valence electrons. The van der Waals surface area contributed by atoms with Gasteiger partial charge in [-0.25, -0.2) is 9.31 Å². The lowest BCUT2D eigenvalue weighted by Crippen LogP contribution is -2.40. The molecule has 4 aromatic rings. The van der Waals surface area contributed by atoms with Gasteiger partial charge in [-0.05, 0) is 25.0 Å². The number of amides is 1. The maximum Gasteiger partial charge on any atom is 0.326 e. The number of fused-ring (bicyclic) bond motifs is 2. The number of benzene rings is 1. The summed E-state index contributed by atoms with van der Waals surface area (Å²) in [5.74, 6) is -0.00322. The van der Waals surface area contributed by atoms with E-state index in [1.807, 2.05) is 57.7 Å². The highest BCUT2D eigenvalue weighted by Gasteiger charge is 2.28. The lowest BCUT2D eigenvalue weighted by atomic mass is 10.0. The molecule has 0 spiro atoms. The van der Waals surface area contributed by atoms with Gasteiger partial charge in [0.05, 0.1) is 17.2 Å². The maximum atomic E-state index is 13.0. The summed E-state index contributed by atoms with van der Waals surface area (Å²) in [5, 5.41) is 4.26. The SMILES string of the molecule is Cn1ccn2ncc(C(=O)N3CCC(n4c(=O)[nH]c5ccccc54)CC3)c12. The van der Waals surface area contributed by atoms with Crippen LogP contribution in [0.3, 0.4) is 0 Å². The Balaban J connectivity index is 1.38. The van der Waals surface area contributed by atoms with Crippen molar-refractivity contribution in [3.8, 4) is 0 Å². The summed E-state index contributed by atoms with van der Waals surface area (Å²) in [6.45, 7) is 1.24. The van der Waals surface area contributed by atoms with E-state index in [4.69, 9.17) is 0 Å². The Bertz CT molecular complexity index is 1200. The zero-order valence-electron chi connectivity index (χ0n) is 15.0. The molecule has 1 aliphatic rings. The lowest BCUT2D eigenvalue weighted by molar-refractivity contribution is 0.0696. The summed E-state index contributed by atoms with van der Waals surface area (Å²) in [7, 11) is 1.91. The van der Waals surface area contributed by atoms with Gasteiger partial charge in [-0.15, -0.1) is 0 Å². The second kappa shape index (κ2) is 5.87. The first kappa shape index (κ1) is 15.9. The molecule has 0 saturated carbocycles. The minimum atomic E-state index is -0.0804. The molecule has 1 fully saturated rings. The molecule has 8 nitrogen and oxygen atoms in total. The molecule has 8 heteroatoms. The Morgan fingerprint density at radius 1 is 1.19 bits per heavy atom. The van der Waals surface area contributed by atoms with Crippen molar-refractivity contribution < 1.29 is 4.79 Å². The Hall–Kier alpha value is -3.29. The largest absolute Gasteiger partial charge is 0.338 e. The number of H-pyrrole nitrogens is 1. The number of aromatic amines is 1. The fraction of sp³-hybridized carbons (Fsp3) is 0.316. The number of rotatable bonds is 2. The van der Waals surface area contributed by atoms with E-state index in [0.717, 1.165) is 29.5 Å². The van der Waals surface area contributed by atoms with E-state index < -0.39 is 0 Å². The molecule has 1 aromatic carbocycles. The van der Waals surface area contributed by atoms with Crippen LogP contribution in [-0.2, 0) is 7.05 Å². The van der Waals surface area contributed by atoms with Gasteiger partial charge >= 0.3 is 5.69 Å². The number of nitrogens with one attached hydrogen (secondary N) is 1. The summed E-state index contributed by atoms with van der Waals surface area (Å²) in [6.07, 6.45) is 6.86. The number of aromatic nitrogens is 5. The monoisotopic (exact) mass is 364 g/mol. The highest BCUT2D eigenvalue weighted by molar-refractivity contribution is 5.99. The van der Waals surface area contributed by atoms with Crippen molar-refractivity contribution in [3.63, 3.8) is 0 Å². The van der Waals surface area contributed by atoms with Crippen LogP contribution in [0.15, 0.2) is 47.7 Å². The van der Waals surface area contributed by atoms with Gasteiger partial charge in [0.2, 0.25) is 0 Å². The molecule has 1 saturated heterocycles. The van der Waals surface area contributed by atoms with Crippen LogP contribution in [0.1, 0.15) is 29.2 Å². The number of hydrogen-bond acceptors (Lipinski definition) is 3. The molecular formula is C19H20N6O2. The van der Waals surface area contributed by atoms with E-state index in [9.17, 15) is 9.59 Å². The number of hydrogen-bond donors (Lipinski definition) is 1. The number of carbonyl (C=O) groups excluding carboxylic acids is 1. The molecule has 0 aliphatic carbocycles. The summed E-state index contributed by atoms with van der Waals surface area (Å²) in [4.78, 5) is 30.2. The average molecular weight is 364 g/mol. The highest BCUT2D eigenvalue weighted by atomic mass is 16.2. The van der Waals surface area contributed by atoms with Crippen molar-refractivity contribution in [2.45, 2.75) is 18.9 Å². The third-order valence-electron chi connectivity index (χ3n) is 5.51. The predicted molar refractivity (Wildman–Crippen MR) is 101 cm³/mol.